The first-order valence-electron chi connectivity index (χ1n) is 6.87. The summed E-state index contributed by atoms with van der Waals surface area (Å²) in [5.74, 6) is 1.78. The zero-order chi connectivity index (χ0) is 13.0. The summed E-state index contributed by atoms with van der Waals surface area (Å²) in [6, 6.07) is 6.01. The van der Waals surface area contributed by atoms with Crippen LogP contribution >= 0.6 is 0 Å². The molecule has 3 nitrogen and oxygen atoms in total. The van der Waals surface area contributed by atoms with Gasteiger partial charge in [0.1, 0.15) is 5.75 Å². The molecule has 1 aromatic rings. The van der Waals surface area contributed by atoms with Crippen molar-refractivity contribution in [1.29, 1.82) is 0 Å². The van der Waals surface area contributed by atoms with Gasteiger partial charge in [0.15, 0.2) is 0 Å². The second-order valence-electron chi connectivity index (χ2n) is 5.29. The van der Waals surface area contributed by atoms with Gasteiger partial charge in [0.05, 0.1) is 7.11 Å². The molecular formula is C15H24N2O. The highest BCUT2D eigenvalue weighted by Crippen LogP contribution is 2.30. The molecule has 1 saturated carbocycles. The van der Waals surface area contributed by atoms with E-state index < -0.39 is 0 Å². The molecule has 100 valence electrons. The minimum absolute atomic E-state index is 0.784. The number of hydrogen-bond donors (Lipinski definition) is 1. The Morgan fingerprint density at radius 3 is 2.72 bits per heavy atom. The van der Waals surface area contributed by atoms with Gasteiger partial charge in [-0.05, 0) is 49.4 Å². The summed E-state index contributed by atoms with van der Waals surface area (Å²) in [5.41, 5.74) is 7.94. The van der Waals surface area contributed by atoms with Crippen LogP contribution in [0.25, 0.3) is 0 Å². The summed E-state index contributed by atoms with van der Waals surface area (Å²) in [6.07, 6.45) is 4.01. The molecule has 0 unspecified atom stereocenters. The maximum atomic E-state index is 5.90. The first kappa shape index (κ1) is 13.2. The van der Waals surface area contributed by atoms with Crippen LogP contribution in [0.3, 0.4) is 0 Å². The van der Waals surface area contributed by atoms with Crippen LogP contribution in [0, 0.1) is 5.92 Å². The van der Waals surface area contributed by atoms with E-state index in [1.165, 1.54) is 31.4 Å². The van der Waals surface area contributed by atoms with Crippen LogP contribution in [0.5, 0.6) is 5.75 Å². The minimum Gasteiger partial charge on any atom is -0.497 e. The lowest BCUT2D eigenvalue weighted by Gasteiger charge is -2.22. The lowest BCUT2D eigenvalue weighted by molar-refractivity contribution is 0.255. The van der Waals surface area contributed by atoms with E-state index in [4.69, 9.17) is 10.5 Å². The van der Waals surface area contributed by atoms with Gasteiger partial charge < -0.3 is 10.5 Å². The number of nitrogens with zero attached hydrogens (tertiary/aromatic N) is 1. The van der Waals surface area contributed by atoms with E-state index in [0.29, 0.717) is 0 Å². The molecule has 0 spiro atoms. The molecule has 18 heavy (non-hydrogen) atoms. The topological polar surface area (TPSA) is 38.5 Å². The van der Waals surface area contributed by atoms with Gasteiger partial charge in [-0.25, -0.2) is 0 Å². The molecule has 1 aliphatic carbocycles. The summed E-state index contributed by atoms with van der Waals surface area (Å²) in [6.45, 7) is 5.60. The van der Waals surface area contributed by atoms with Crippen molar-refractivity contribution in [1.82, 2.24) is 4.90 Å². The Morgan fingerprint density at radius 1 is 1.33 bits per heavy atom. The number of anilines is 1. The van der Waals surface area contributed by atoms with E-state index in [0.717, 1.165) is 30.4 Å². The number of methoxy groups -OCH3 is 1. The Hall–Kier alpha value is -1.22. The second-order valence-corrected chi connectivity index (χ2v) is 5.29. The Labute approximate surface area is 110 Å². The van der Waals surface area contributed by atoms with Gasteiger partial charge in [0.25, 0.3) is 0 Å². The Bertz CT molecular complexity index is 388. The molecule has 0 amide bonds. The van der Waals surface area contributed by atoms with Crippen molar-refractivity contribution in [3.63, 3.8) is 0 Å². The zero-order valence-corrected chi connectivity index (χ0v) is 11.5. The van der Waals surface area contributed by atoms with Crippen molar-refractivity contribution < 1.29 is 4.74 Å². The molecule has 0 aliphatic heterocycles. The number of rotatable bonds is 7. The van der Waals surface area contributed by atoms with Gasteiger partial charge in [-0.15, -0.1) is 0 Å². The van der Waals surface area contributed by atoms with Gasteiger partial charge in [-0.1, -0.05) is 6.92 Å². The van der Waals surface area contributed by atoms with Crippen LogP contribution in [-0.2, 0) is 6.54 Å². The highest BCUT2D eigenvalue weighted by atomic mass is 16.5. The van der Waals surface area contributed by atoms with E-state index in [9.17, 15) is 0 Å². The smallest absolute Gasteiger partial charge is 0.121 e. The van der Waals surface area contributed by atoms with Crippen molar-refractivity contribution in [2.75, 3.05) is 25.9 Å². The predicted molar refractivity (Wildman–Crippen MR) is 75.7 cm³/mol. The lowest BCUT2D eigenvalue weighted by atomic mass is 10.1. The second kappa shape index (κ2) is 6.10. The molecule has 2 rings (SSSR count). The molecule has 1 fully saturated rings. The standard InChI is InChI=1S/C15H24N2O/c1-3-6-17(10-12-4-5-12)11-13-7-14(16)9-15(8-13)18-2/h7-9,12H,3-6,10-11,16H2,1-2H3. The third-order valence-electron chi connectivity index (χ3n) is 3.38. The van der Waals surface area contributed by atoms with Crippen LogP contribution < -0.4 is 10.5 Å². The maximum absolute atomic E-state index is 5.90. The third kappa shape index (κ3) is 3.91. The van der Waals surface area contributed by atoms with Gasteiger partial charge in [-0.2, -0.15) is 0 Å². The largest absolute Gasteiger partial charge is 0.497 e. The Morgan fingerprint density at radius 2 is 2.11 bits per heavy atom. The van der Waals surface area contributed by atoms with E-state index in [-0.39, 0.29) is 0 Å². The van der Waals surface area contributed by atoms with Crippen molar-refractivity contribution in [3.8, 4) is 5.75 Å². The molecule has 3 heteroatoms. The summed E-state index contributed by atoms with van der Waals surface area (Å²) in [7, 11) is 1.69. The first-order valence-corrected chi connectivity index (χ1v) is 6.87. The van der Waals surface area contributed by atoms with Crippen LogP contribution in [-0.4, -0.2) is 25.1 Å². The van der Waals surface area contributed by atoms with Crippen molar-refractivity contribution in [2.24, 2.45) is 5.92 Å². The highest BCUT2D eigenvalue weighted by Gasteiger charge is 2.23. The van der Waals surface area contributed by atoms with E-state index in [2.05, 4.69) is 24.0 Å². The number of hydrogen-bond acceptors (Lipinski definition) is 3. The molecule has 0 bridgehead atoms. The van der Waals surface area contributed by atoms with Gasteiger partial charge >= 0.3 is 0 Å². The molecule has 1 aliphatic rings. The van der Waals surface area contributed by atoms with Crippen LogP contribution in [0.4, 0.5) is 5.69 Å². The van der Waals surface area contributed by atoms with Crippen LogP contribution in [0.1, 0.15) is 31.7 Å². The van der Waals surface area contributed by atoms with E-state index in [1.54, 1.807) is 7.11 Å². The molecule has 0 atom stereocenters. The minimum atomic E-state index is 0.784. The Kier molecular flexibility index (Phi) is 4.48. The maximum Gasteiger partial charge on any atom is 0.121 e. The third-order valence-corrected chi connectivity index (χ3v) is 3.38. The lowest BCUT2D eigenvalue weighted by Crippen LogP contribution is -2.26. The molecule has 1 aromatic carbocycles. The van der Waals surface area contributed by atoms with Crippen molar-refractivity contribution in [3.05, 3.63) is 23.8 Å². The van der Waals surface area contributed by atoms with Gasteiger partial charge in [0, 0.05) is 24.8 Å². The fourth-order valence-electron chi connectivity index (χ4n) is 2.37. The molecule has 2 N–H and O–H groups in total. The first-order chi connectivity index (χ1) is 8.71. The number of benzene rings is 1. The summed E-state index contributed by atoms with van der Waals surface area (Å²) in [4.78, 5) is 2.53. The highest BCUT2D eigenvalue weighted by molar-refractivity contribution is 5.47. The molecule has 0 radical (unpaired) electrons. The summed E-state index contributed by atoms with van der Waals surface area (Å²) >= 11 is 0. The summed E-state index contributed by atoms with van der Waals surface area (Å²) in [5, 5.41) is 0. The molecule has 0 heterocycles. The number of ether oxygens (including phenoxy) is 1. The molecule has 0 saturated heterocycles. The Balaban J connectivity index is 2.01. The molecular weight excluding hydrogens is 224 g/mol. The average molecular weight is 248 g/mol. The van der Waals surface area contributed by atoms with Crippen LogP contribution in [0.2, 0.25) is 0 Å². The fraction of sp³-hybridized carbons (Fsp3) is 0.600. The van der Waals surface area contributed by atoms with Gasteiger partial charge in [-0.3, -0.25) is 4.90 Å². The quantitative estimate of drug-likeness (QED) is 0.754. The van der Waals surface area contributed by atoms with Crippen molar-refractivity contribution in [2.45, 2.75) is 32.7 Å². The average Bonchev–Trinajstić information content (AvgIpc) is 3.12. The number of nitrogens with two attached hydrogens (primary N) is 1. The van der Waals surface area contributed by atoms with E-state index >= 15 is 0 Å². The zero-order valence-electron chi connectivity index (χ0n) is 11.5. The SMILES string of the molecule is CCCN(Cc1cc(N)cc(OC)c1)CC1CC1. The summed E-state index contributed by atoms with van der Waals surface area (Å²) < 4.78 is 5.27. The van der Waals surface area contributed by atoms with Crippen LogP contribution in [0.15, 0.2) is 18.2 Å². The van der Waals surface area contributed by atoms with Gasteiger partial charge in [0.2, 0.25) is 0 Å². The normalized spacial score (nSPS) is 15.1. The van der Waals surface area contributed by atoms with Crippen molar-refractivity contribution >= 4 is 5.69 Å². The monoisotopic (exact) mass is 248 g/mol. The number of nitrogen functional groups attached to an aromatic ring is 1. The van der Waals surface area contributed by atoms with E-state index in [1.807, 2.05) is 6.07 Å². The molecule has 0 aromatic heterocycles. The fourth-order valence-corrected chi connectivity index (χ4v) is 2.37. The predicted octanol–water partition coefficient (Wildman–Crippen LogP) is 2.90.